The smallest absolute Gasteiger partial charge is 0.264 e. The lowest BCUT2D eigenvalue weighted by molar-refractivity contribution is -0.0212. The molecule has 1 aliphatic rings. The van der Waals surface area contributed by atoms with E-state index in [0.29, 0.717) is 47.6 Å². The van der Waals surface area contributed by atoms with Crippen LogP contribution in [0.1, 0.15) is 59.8 Å². The number of methoxy groups -OCH3 is 2. The van der Waals surface area contributed by atoms with E-state index in [4.69, 9.17) is 9.47 Å². The molecule has 1 aromatic heterocycles. The lowest BCUT2D eigenvalue weighted by Gasteiger charge is -2.38. The number of amides is 1. The van der Waals surface area contributed by atoms with Crippen LogP contribution in [-0.2, 0) is 12.0 Å². The SMILES string of the molecule is CCCCc1[nH]c(=O)c(C(=O)N2CCC(O)(c3ccc(C)cc3)CC2)c(O)c1-c1c(OC)cccc1OC. The molecule has 0 aliphatic carbocycles. The van der Waals surface area contributed by atoms with Crippen molar-refractivity contribution in [3.05, 3.63) is 75.2 Å². The number of piperidine rings is 1. The molecule has 1 aliphatic heterocycles. The number of nitrogens with zero attached hydrogens (tertiary/aromatic N) is 1. The Hall–Kier alpha value is -3.78. The Bertz CT molecular complexity index is 1330. The molecule has 0 spiro atoms. The summed E-state index contributed by atoms with van der Waals surface area (Å²) in [6.07, 6.45) is 2.79. The summed E-state index contributed by atoms with van der Waals surface area (Å²) in [6, 6.07) is 13.0. The van der Waals surface area contributed by atoms with Crippen molar-refractivity contribution in [3.63, 3.8) is 0 Å². The van der Waals surface area contributed by atoms with Crippen LogP contribution in [0.5, 0.6) is 17.2 Å². The van der Waals surface area contributed by atoms with Crippen molar-refractivity contribution in [1.29, 1.82) is 0 Å². The van der Waals surface area contributed by atoms with Gasteiger partial charge in [0.05, 0.1) is 30.9 Å². The van der Waals surface area contributed by atoms with Crippen molar-refractivity contribution in [1.82, 2.24) is 9.88 Å². The van der Waals surface area contributed by atoms with E-state index in [1.165, 1.54) is 19.1 Å². The van der Waals surface area contributed by atoms with Gasteiger partial charge in [-0.3, -0.25) is 9.59 Å². The van der Waals surface area contributed by atoms with E-state index >= 15 is 0 Å². The Morgan fingerprint density at radius 3 is 2.18 bits per heavy atom. The molecule has 202 valence electrons. The molecule has 4 rings (SSSR count). The summed E-state index contributed by atoms with van der Waals surface area (Å²) >= 11 is 0. The minimum Gasteiger partial charge on any atom is -0.506 e. The predicted molar refractivity (Wildman–Crippen MR) is 146 cm³/mol. The van der Waals surface area contributed by atoms with Crippen molar-refractivity contribution in [3.8, 4) is 28.4 Å². The van der Waals surface area contributed by atoms with Gasteiger partial charge in [0.25, 0.3) is 11.5 Å². The average molecular weight is 521 g/mol. The highest BCUT2D eigenvalue weighted by Gasteiger charge is 2.37. The zero-order valence-corrected chi connectivity index (χ0v) is 22.5. The van der Waals surface area contributed by atoms with E-state index < -0.39 is 22.8 Å². The number of rotatable bonds is 8. The Labute approximate surface area is 222 Å². The summed E-state index contributed by atoms with van der Waals surface area (Å²) in [4.78, 5) is 31.2. The Balaban J connectivity index is 1.73. The highest BCUT2D eigenvalue weighted by molar-refractivity contribution is 6.00. The maximum atomic E-state index is 13.7. The van der Waals surface area contributed by atoms with E-state index in [1.54, 1.807) is 18.2 Å². The van der Waals surface area contributed by atoms with Gasteiger partial charge in [-0.25, -0.2) is 0 Å². The van der Waals surface area contributed by atoms with Gasteiger partial charge in [-0.05, 0) is 50.3 Å². The number of hydrogen-bond acceptors (Lipinski definition) is 6. The third kappa shape index (κ3) is 5.13. The third-order valence-corrected chi connectivity index (χ3v) is 7.41. The van der Waals surface area contributed by atoms with Crippen molar-refractivity contribution < 1.29 is 24.5 Å². The van der Waals surface area contributed by atoms with E-state index in [2.05, 4.69) is 4.98 Å². The van der Waals surface area contributed by atoms with Gasteiger partial charge in [0.2, 0.25) is 0 Å². The van der Waals surface area contributed by atoms with Crippen molar-refractivity contribution in [2.75, 3.05) is 27.3 Å². The van der Waals surface area contributed by atoms with Crippen LogP contribution in [0.15, 0.2) is 47.3 Å². The maximum absolute atomic E-state index is 13.7. The molecule has 0 atom stereocenters. The number of H-pyrrole nitrogens is 1. The quantitative estimate of drug-likeness (QED) is 0.402. The van der Waals surface area contributed by atoms with Gasteiger partial charge in [-0.1, -0.05) is 49.2 Å². The highest BCUT2D eigenvalue weighted by atomic mass is 16.5. The average Bonchev–Trinajstić information content (AvgIpc) is 2.92. The number of likely N-dealkylation sites (tertiary alicyclic amines) is 1. The Morgan fingerprint density at radius 2 is 1.63 bits per heavy atom. The molecule has 1 fully saturated rings. The molecule has 0 saturated carbocycles. The van der Waals surface area contributed by atoms with Gasteiger partial charge in [0, 0.05) is 18.8 Å². The molecular formula is C30H36N2O6. The summed E-state index contributed by atoms with van der Waals surface area (Å²) in [5, 5.41) is 22.8. The lowest BCUT2D eigenvalue weighted by Crippen LogP contribution is -2.46. The number of carbonyl (C=O) groups excluding carboxylic acids is 1. The highest BCUT2D eigenvalue weighted by Crippen LogP contribution is 2.45. The first-order valence-corrected chi connectivity index (χ1v) is 13.0. The second-order valence-corrected chi connectivity index (χ2v) is 9.86. The Morgan fingerprint density at radius 1 is 1.03 bits per heavy atom. The van der Waals surface area contributed by atoms with Crippen LogP contribution >= 0.6 is 0 Å². The second kappa shape index (κ2) is 11.3. The standard InChI is InChI=1S/C30H36N2O6/c1-5-6-8-21-24(25-22(37-3)9-7-10-23(25)38-4)27(33)26(28(34)31-21)29(35)32-17-15-30(36,16-18-32)20-13-11-19(2)12-14-20/h7,9-14,36H,5-6,8,15-18H2,1-4H3,(H2,31,33,34). The zero-order valence-electron chi connectivity index (χ0n) is 22.5. The summed E-state index contributed by atoms with van der Waals surface area (Å²) in [5.74, 6) is -0.0770. The number of aryl methyl sites for hydroxylation is 2. The number of aromatic nitrogens is 1. The minimum atomic E-state index is -1.06. The first kappa shape index (κ1) is 27.3. The van der Waals surface area contributed by atoms with Crippen LogP contribution in [0.25, 0.3) is 11.1 Å². The molecule has 3 aromatic rings. The number of carbonyl (C=O) groups is 1. The fourth-order valence-electron chi connectivity index (χ4n) is 5.13. The first-order valence-electron chi connectivity index (χ1n) is 13.0. The molecule has 8 nitrogen and oxygen atoms in total. The molecule has 2 aromatic carbocycles. The van der Waals surface area contributed by atoms with Gasteiger partial charge in [-0.2, -0.15) is 0 Å². The number of aliphatic hydroxyl groups is 1. The van der Waals surface area contributed by atoms with Crippen molar-refractivity contribution >= 4 is 5.91 Å². The fourth-order valence-corrected chi connectivity index (χ4v) is 5.13. The zero-order chi connectivity index (χ0) is 27.4. The number of ether oxygens (including phenoxy) is 2. The molecule has 0 unspecified atom stereocenters. The largest absolute Gasteiger partial charge is 0.506 e. The third-order valence-electron chi connectivity index (χ3n) is 7.41. The number of unbranched alkanes of at least 4 members (excludes halogenated alkanes) is 1. The molecule has 0 radical (unpaired) electrons. The number of pyridine rings is 1. The normalized spacial score (nSPS) is 14.8. The summed E-state index contributed by atoms with van der Waals surface area (Å²) in [5.41, 5.74) is 1.19. The molecule has 8 heteroatoms. The van der Waals surface area contributed by atoms with Crippen molar-refractivity contribution in [2.24, 2.45) is 0 Å². The summed E-state index contributed by atoms with van der Waals surface area (Å²) in [6.45, 7) is 4.51. The monoisotopic (exact) mass is 520 g/mol. The van der Waals surface area contributed by atoms with Crippen LogP contribution in [0.4, 0.5) is 0 Å². The van der Waals surface area contributed by atoms with Crippen LogP contribution < -0.4 is 15.0 Å². The number of nitrogens with one attached hydrogen (secondary N) is 1. The van der Waals surface area contributed by atoms with E-state index in [1.807, 2.05) is 38.1 Å². The van der Waals surface area contributed by atoms with Gasteiger partial charge in [0.1, 0.15) is 22.8 Å². The lowest BCUT2D eigenvalue weighted by atomic mass is 9.84. The summed E-state index contributed by atoms with van der Waals surface area (Å²) < 4.78 is 11.1. The van der Waals surface area contributed by atoms with Gasteiger partial charge in [0.15, 0.2) is 0 Å². The topological polar surface area (TPSA) is 112 Å². The van der Waals surface area contributed by atoms with Gasteiger partial charge >= 0.3 is 0 Å². The Kier molecular flexibility index (Phi) is 8.11. The first-order chi connectivity index (χ1) is 18.2. The van der Waals surface area contributed by atoms with Crippen LogP contribution in [0.3, 0.4) is 0 Å². The minimum absolute atomic E-state index is 0.243. The molecule has 1 saturated heterocycles. The predicted octanol–water partition coefficient (Wildman–Crippen LogP) is 4.54. The van der Waals surface area contributed by atoms with E-state index in [-0.39, 0.29) is 18.7 Å². The molecule has 3 N–H and O–H groups in total. The van der Waals surface area contributed by atoms with E-state index in [9.17, 15) is 19.8 Å². The van der Waals surface area contributed by atoms with E-state index in [0.717, 1.165) is 24.0 Å². The molecular weight excluding hydrogens is 484 g/mol. The molecule has 1 amide bonds. The van der Waals surface area contributed by atoms with Crippen LogP contribution in [-0.4, -0.2) is 53.3 Å². The number of benzene rings is 2. The number of hydrogen-bond donors (Lipinski definition) is 3. The van der Waals surface area contributed by atoms with Gasteiger partial charge < -0.3 is 29.6 Å². The molecule has 0 bridgehead atoms. The maximum Gasteiger partial charge on any atom is 0.264 e. The van der Waals surface area contributed by atoms with Crippen LogP contribution in [0.2, 0.25) is 0 Å². The molecule has 2 heterocycles. The fraction of sp³-hybridized carbons (Fsp3) is 0.400. The number of aromatic amines is 1. The van der Waals surface area contributed by atoms with Crippen LogP contribution in [0, 0.1) is 6.92 Å². The second-order valence-electron chi connectivity index (χ2n) is 9.86. The number of aromatic hydroxyl groups is 1. The van der Waals surface area contributed by atoms with Gasteiger partial charge in [-0.15, -0.1) is 0 Å². The van der Waals surface area contributed by atoms with Crippen molar-refractivity contribution in [2.45, 2.75) is 51.6 Å². The molecule has 38 heavy (non-hydrogen) atoms. The summed E-state index contributed by atoms with van der Waals surface area (Å²) in [7, 11) is 3.03.